The van der Waals surface area contributed by atoms with Crippen LogP contribution in [-0.2, 0) is 13.1 Å². The van der Waals surface area contributed by atoms with Crippen LogP contribution in [0.3, 0.4) is 0 Å². The van der Waals surface area contributed by atoms with Crippen LogP contribution in [0.5, 0.6) is 0 Å². The average Bonchev–Trinajstić information content (AvgIpc) is 2.98. The van der Waals surface area contributed by atoms with Crippen molar-refractivity contribution >= 4 is 11.6 Å². The Balaban J connectivity index is 1.59. The van der Waals surface area contributed by atoms with Gasteiger partial charge in [-0.2, -0.15) is 0 Å². The molecule has 0 aliphatic rings. The smallest absolute Gasteiger partial charge is 0.156 e. The van der Waals surface area contributed by atoms with Crippen molar-refractivity contribution in [2.75, 3.05) is 0 Å². The Labute approximate surface area is 134 Å². The minimum absolute atomic E-state index is 0.437. The van der Waals surface area contributed by atoms with Crippen molar-refractivity contribution in [3.05, 3.63) is 70.6 Å². The summed E-state index contributed by atoms with van der Waals surface area (Å²) in [6.45, 7) is 3.52. The van der Waals surface area contributed by atoms with E-state index in [1.54, 1.807) is 10.7 Å². The van der Waals surface area contributed by atoms with E-state index in [1.807, 2.05) is 18.3 Å². The lowest BCUT2D eigenvalue weighted by atomic mass is 10.1. The van der Waals surface area contributed by atoms with Crippen LogP contribution in [0.15, 0.2) is 48.7 Å². The minimum atomic E-state index is 0.437. The van der Waals surface area contributed by atoms with Gasteiger partial charge in [0.25, 0.3) is 0 Å². The highest BCUT2D eigenvalue weighted by atomic mass is 35.5. The predicted molar refractivity (Wildman–Crippen MR) is 85.9 cm³/mol. The molecule has 0 fully saturated rings. The van der Waals surface area contributed by atoms with Crippen molar-refractivity contribution in [1.82, 2.24) is 25.3 Å². The van der Waals surface area contributed by atoms with Crippen LogP contribution in [0.4, 0.5) is 0 Å². The van der Waals surface area contributed by atoms with E-state index in [1.165, 1.54) is 11.1 Å². The molecule has 0 unspecified atom stereocenters. The van der Waals surface area contributed by atoms with Gasteiger partial charge in [-0.25, -0.2) is 9.67 Å². The van der Waals surface area contributed by atoms with E-state index >= 15 is 0 Å². The molecule has 0 amide bonds. The minimum Gasteiger partial charge on any atom is -0.307 e. The first-order valence-electron chi connectivity index (χ1n) is 7.01. The third-order valence-corrected chi connectivity index (χ3v) is 3.44. The molecule has 1 N–H and O–H groups in total. The van der Waals surface area contributed by atoms with Gasteiger partial charge < -0.3 is 5.32 Å². The van der Waals surface area contributed by atoms with Gasteiger partial charge in [0.2, 0.25) is 0 Å². The molecule has 1 aromatic carbocycles. The van der Waals surface area contributed by atoms with E-state index in [-0.39, 0.29) is 0 Å². The van der Waals surface area contributed by atoms with Crippen LogP contribution in [0.2, 0.25) is 5.15 Å². The summed E-state index contributed by atoms with van der Waals surface area (Å²) in [6.07, 6.45) is 1.85. The number of rotatable bonds is 5. The molecule has 3 aromatic rings. The molecule has 0 spiro atoms. The lowest BCUT2D eigenvalue weighted by molar-refractivity contribution is 0.676. The van der Waals surface area contributed by atoms with Crippen LogP contribution < -0.4 is 5.32 Å². The van der Waals surface area contributed by atoms with Crippen LogP contribution in [0, 0.1) is 6.92 Å². The second-order valence-corrected chi connectivity index (χ2v) is 5.45. The number of pyridine rings is 1. The monoisotopic (exact) mass is 313 g/mol. The molecule has 0 aliphatic heterocycles. The number of hydrogen-bond donors (Lipinski definition) is 1. The van der Waals surface area contributed by atoms with Crippen molar-refractivity contribution < 1.29 is 0 Å². The highest BCUT2D eigenvalue weighted by Crippen LogP contribution is 2.09. The third-order valence-electron chi connectivity index (χ3n) is 3.23. The van der Waals surface area contributed by atoms with E-state index in [0.717, 1.165) is 12.2 Å². The van der Waals surface area contributed by atoms with Gasteiger partial charge in [-0.1, -0.05) is 52.7 Å². The first-order valence-corrected chi connectivity index (χ1v) is 7.39. The maximum absolute atomic E-state index is 5.88. The largest absolute Gasteiger partial charge is 0.307 e. The van der Waals surface area contributed by atoms with Gasteiger partial charge in [0, 0.05) is 13.1 Å². The van der Waals surface area contributed by atoms with Crippen molar-refractivity contribution in [3.8, 4) is 5.82 Å². The van der Waals surface area contributed by atoms with E-state index in [9.17, 15) is 0 Å². The number of benzene rings is 1. The number of aryl methyl sites for hydroxylation is 1. The Hall–Kier alpha value is -2.24. The summed E-state index contributed by atoms with van der Waals surface area (Å²) in [5.41, 5.74) is 3.36. The SMILES string of the molecule is Cc1ccc(CNCc2cn(-c3cccc(Cl)n3)nn2)cc1. The number of nitrogens with one attached hydrogen (secondary N) is 1. The molecule has 3 rings (SSSR count). The summed E-state index contributed by atoms with van der Waals surface area (Å²) < 4.78 is 1.62. The Morgan fingerprint density at radius 3 is 2.68 bits per heavy atom. The molecule has 5 nitrogen and oxygen atoms in total. The predicted octanol–water partition coefficient (Wildman–Crippen LogP) is 2.91. The first-order chi connectivity index (χ1) is 10.7. The fourth-order valence-corrected chi connectivity index (χ4v) is 2.22. The number of aromatic nitrogens is 4. The second-order valence-electron chi connectivity index (χ2n) is 5.06. The average molecular weight is 314 g/mol. The molecule has 0 aliphatic carbocycles. The third kappa shape index (κ3) is 3.69. The summed E-state index contributed by atoms with van der Waals surface area (Å²) >= 11 is 5.88. The lowest BCUT2D eigenvalue weighted by Crippen LogP contribution is -2.12. The summed E-state index contributed by atoms with van der Waals surface area (Å²) in [4.78, 5) is 4.20. The zero-order valence-electron chi connectivity index (χ0n) is 12.2. The van der Waals surface area contributed by atoms with Crippen molar-refractivity contribution in [3.63, 3.8) is 0 Å². The van der Waals surface area contributed by atoms with Gasteiger partial charge in [-0.3, -0.25) is 0 Å². The first kappa shape index (κ1) is 14.7. The Kier molecular flexibility index (Phi) is 4.46. The van der Waals surface area contributed by atoms with E-state index in [0.29, 0.717) is 17.5 Å². The van der Waals surface area contributed by atoms with Gasteiger partial charge in [0.15, 0.2) is 5.82 Å². The zero-order chi connectivity index (χ0) is 15.4. The number of halogens is 1. The van der Waals surface area contributed by atoms with Crippen LogP contribution in [-0.4, -0.2) is 20.0 Å². The van der Waals surface area contributed by atoms with E-state index in [4.69, 9.17) is 11.6 Å². The summed E-state index contributed by atoms with van der Waals surface area (Å²) in [6, 6.07) is 13.9. The maximum atomic E-state index is 5.88. The molecule has 0 bridgehead atoms. The molecular formula is C16H16ClN5. The van der Waals surface area contributed by atoms with Crippen molar-refractivity contribution in [2.24, 2.45) is 0 Å². The van der Waals surface area contributed by atoms with Gasteiger partial charge in [-0.15, -0.1) is 5.10 Å². The van der Waals surface area contributed by atoms with Gasteiger partial charge in [-0.05, 0) is 24.6 Å². The van der Waals surface area contributed by atoms with Crippen LogP contribution in [0.1, 0.15) is 16.8 Å². The number of hydrogen-bond acceptors (Lipinski definition) is 4. The zero-order valence-corrected chi connectivity index (χ0v) is 13.0. The maximum Gasteiger partial charge on any atom is 0.156 e. The second kappa shape index (κ2) is 6.68. The molecule has 2 aromatic heterocycles. The fourth-order valence-electron chi connectivity index (χ4n) is 2.06. The molecule has 0 saturated heterocycles. The molecule has 2 heterocycles. The van der Waals surface area contributed by atoms with Gasteiger partial charge >= 0.3 is 0 Å². The summed E-state index contributed by atoms with van der Waals surface area (Å²) in [5.74, 6) is 0.657. The van der Waals surface area contributed by atoms with Crippen molar-refractivity contribution in [1.29, 1.82) is 0 Å². The summed E-state index contributed by atoms with van der Waals surface area (Å²) in [5, 5.41) is 12.0. The Morgan fingerprint density at radius 2 is 1.91 bits per heavy atom. The Morgan fingerprint density at radius 1 is 1.09 bits per heavy atom. The topological polar surface area (TPSA) is 55.6 Å². The molecule has 0 radical (unpaired) electrons. The fraction of sp³-hybridized carbons (Fsp3) is 0.188. The Bertz CT molecular complexity index is 751. The standard InChI is InChI=1S/C16H16ClN5/c1-12-5-7-13(8-6-12)9-18-10-14-11-22(21-20-14)16-4-2-3-15(17)19-16/h2-8,11,18H,9-10H2,1H3. The molecule has 112 valence electrons. The lowest BCUT2D eigenvalue weighted by Gasteiger charge is -2.03. The molecule has 22 heavy (non-hydrogen) atoms. The molecule has 6 heteroatoms. The van der Waals surface area contributed by atoms with Gasteiger partial charge in [0.05, 0.1) is 11.9 Å². The van der Waals surface area contributed by atoms with Crippen LogP contribution in [0.25, 0.3) is 5.82 Å². The normalized spacial score (nSPS) is 10.8. The molecule has 0 saturated carbocycles. The highest BCUT2D eigenvalue weighted by Gasteiger charge is 2.04. The quantitative estimate of drug-likeness (QED) is 0.736. The highest BCUT2D eigenvalue weighted by molar-refractivity contribution is 6.29. The molecular weight excluding hydrogens is 298 g/mol. The van der Waals surface area contributed by atoms with Gasteiger partial charge in [0.1, 0.15) is 5.15 Å². The van der Waals surface area contributed by atoms with E-state index in [2.05, 4.69) is 51.8 Å². The summed E-state index contributed by atoms with van der Waals surface area (Å²) in [7, 11) is 0. The van der Waals surface area contributed by atoms with E-state index < -0.39 is 0 Å². The van der Waals surface area contributed by atoms with Crippen LogP contribution >= 0.6 is 11.6 Å². The van der Waals surface area contributed by atoms with Crippen molar-refractivity contribution in [2.45, 2.75) is 20.0 Å². The number of nitrogens with zero attached hydrogens (tertiary/aromatic N) is 4. The molecule has 0 atom stereocenters.